The number of amides is 1. The van der Waals surface area contributed by atoms with Crippen molar-refractivity contribution < 1.29 is 23.8 Å². The number of hydrogen-bond acceptors (Lipinski definition) is 7. The van der Waals surface area contributed by atoms with Crippen LogP contribution < -0.4 is 10.1 Å². The van der Waals surface area contributed by atoms with Crippen molar-refractivity contribution in [2.24, 2.45) is 0 Å². The van der Waals surface area contributed by atoms with Gasteiger partial charge in [0.15, 0.2) is 0 Å². The maximum Gasteiger partial charge on any atom is 0.408 e. The van der Waals surface area contributed by atoms with E-state index < -0.39 is 23.7 Å². The number of benzene rings is 1. The van der Waals surface area contributed by atoms with Crippen molar-refractivity contribution >= 4 is 23.7 Å². The summed E-state index contributed by atoms with van der Waals surface area (Å²) in [6.45, 7) is 5.22. The minimum atomic E-state index is -0.958. The van der Waals surface area contributed by atoms with Crippen molar-refractivity contribution in [2.45, 2.75) is 57.8 Å². The summed E-state index contributed by atoms with van der Waals surface area (Å²) < 4.78 is 15.8. The molecule has 0 saturated heterocycles. The molecule has 1 atom stereocenters. The second-order valence-corrected chi connectivity index (χ2v) is 8.69. The van der Waals surface area contributed by atoms with E-state index in [9.17, 15) is 9.59 Å². The van der Waals surface area contributed by atoms with Crippen LogP contribution in [0.2, 0.25) is 5.02 Å². The normalized spacial score (nSPS) is 14.5. The second kappa shape index (κ2) is 9.51. The Kier molecular flexibility index (Phi) is 7.00. The molecule has 0 radical (unpaired) electrons. The minimum absolute atomic E-state index is 0.109. The summed E-state index contributed by atoms with van der Waals surface area (Å²) in [6.07, 6.45) is 3.14. The highest BCUT2D eigenvalue weighted by molar-refractivity contribution is 6.32. The van der Waals surface area contributed by atoms with Gasteiger partial charge < -0.3 is 19.5 Å². The van der Waals surface area contributed by atoms with Crippen LogP contribution >= 0.6 is 11.6 Å². The van der Waals surface area contributed by atoms with Crippen LogP contribution in [0.5, 0.6) is 5.75 Å². The van der Waals surface area contributed by atoms with Crippen LogP contribution in [0.3, 0.4) is 0 Å². The molecular weight excluding hydrogens is 422 g/mol. The van der Waals surface area contributed by atoms with Gasteiger partial charge in [0.05, 0.1) is 23.9 Å². The maximum absolute atomic E-state index is 12.2. The Morgan fingerprint density at radius 2 is 1.97 bits per heavy atom. The van der Waals surface area contributed by atoms with Gasteiger partial charge in [0.2, 0.25) is 0 Å². The number of halogens is 1. The fraction of sp³-hybridized carbons (Fsp3) is 0.455. The van der Waals surface area contributed by atoms with Crippen LogP contribution in [-0.4, -0.2) is 46.9 Å². The van der Waals surface area contributed by atoms with Gasteiger partial charge in [-0.05, 0) is 57.9 Å². The Morgan fingerprint density at radius 1 is 1.23 bits per heavy atom. The number of alkyl carbamates (subject to hydrolysis) is 1. The van der Waals surface area contributed by atoms with Crippen LogP contribution in [0.1, 0.15) is 39.3 Å². The molecule has 0 unspecified atom stereocenters. The molecule has 1 heterocycles. The highest BCUT2D eigenvalue weighted by Gasteiger charge is 2.26. The summed E-state index contributed by atoms with van der Waals surface area (Å²) in [5.41, 5.74) is 1.27. The van der Waals surface area contributed by atoms with Gasteiger partial charge in [0, 0.05) is 17.7 Å². The molecule has 1 aromatic heterocycles. The molecule has 9 heteroatoms. The van der Waals surface area contributed by atoms with Crippen molar-refractivity contribution in [3.63, 3.8) is 0 Å². The Hall–Kier alpha value is -2.87. The van der Waals surface area contributed by atoms with E-state index in [4.69, 9.17) is 25.8 Å². The molecule has 3 rings (SSSR count). The van der Waals surface area contributed by atoms with E-state index in [1.54, 1.807) is 32.9 Å². The zero-order valence-electron chi connectivity index (χ0n) is 18.0. The zero-order valence-corrected chi connectivity index (χ0v) is 18.7. The summed E-state index contributed by atoms with van der Waals surface area (Å²) in [7, 11) is 1.25. The van der Waals surface area contributed by atoms with Crippen molar-refractivity contribution in [3.05, 3.63) is 41.3 Å². The Bertz CT molecular complexity index is 956. The fourth-order valence-corrected chi connectivity index (χ4v) is 3.01. The minimum Gasteiger partial charge on any atom is -0.489 e. The molecule has 31 heavy (non-hydrogen) atoms. The molecule has 0 spiro atoms. The smallest absolute Gasteiger partial charge is 0.408 e. The van der Waals surface area contributed by atoms with E-state index in [-0.39, 0.29) is 12.5 Å². The van der Waals surface area contributed by atoms with Crippen LogP contribution in [0.15, 0.2) is 30.6 Å². The monoisotopic (exact) mass is 447 g/mol. The Labute approximate surface area is 186 Å². The first-order valence-electron chi connectivity index (χ1n) is 9.99. The predicted molar refractivity (Wildman–Crippen MR) is 115 cm³/mol. The van der Waals surface area contributed by atoms with Gasteiger partial charge in [0.1, 0.15) is 23.7 Å². The van der Waals surface area contributed by atoms with Crippen LogP contribution in [0, 0.1) is 0 Å². The number of methoxy groups -OCH3 is 1. The van der Waals surface area contributed by atoms with E-state index in [1.807, 2.05) is 12.1 Å². The van der Waals surface area contributed by atoms with Crippen molar-refractivity contribution in [1.82, 2.24) is 15.3 Å². The van der Waals surface area contributed by atoms with Crippen LogP contribution in [0.25, 0.3) is 11.3 Å². The van der Waals surface area contributed by atoms with Gasteiger partial charge in [-0.1, -0.05) is 11.6 Å². The van der Waals surface area contributed by atoms with E-state index in [0.29, 0.717) is 22.2 Å². The number of rotatable bonds is 7. The first-order valence-corrected chi connectivity index (χ1v) is 10.4. The summed E-state index contributed by atoms with van der Waals surface area (Å²) in [6, 6.07) is 6.24. The molecule has 2 aromatic rings. The lowest BCUT2D eigenvalue weighted by molar-refractivity contribution is -0.143. The van der Waals surface area contributed by atoms with Crippen LogP contribution in [-0.2, 0) is 20.7 Å². The molecule has 1 saturated carbocycles. The lowest BCUT2D eigenvalue weighted by atomic mass is 10.1. The van der Waals surface area contributed by atoms with Crippen molar-refractivity contribution in [3.8, 4) is 17.0 Å². The number of carbonyl (C=O) groups is 2. The molecule has 1 N–H and O–H groups in total. The van der Waals surface area contributed by atoms with Crippen molar-refractivity contribution in [1.29, 1.82) is 0 Å². The van der Waals surface area contributed by atoms with Gasteiger partial charge in [-0.25, -0.2) is 19.6 Å². The van der Waals surface area contributed by atoms with E-state index >= 15 is 0 Å². The SMILES string of the molecule is COC(=O)[C@H](Cc1cc(-c2ccc(OC3CC3)c(Cl)c2)ncn1)NC(=O)OC(C)(C)C. The van der Waals surface area contributed by atoms with Crippen molar-refractivity contribution in [2.75, 3.05) is 7.11 Å². The third-order valence-electron chi connectivity index (χ3n) is 4.36. The van der Waals surface area contributed by atoms with E-state index in [2.05, 4.69) is 15.3 Å². The first-order chi connectivity index (χ1) is 14.6. The average Bonchev–Trinajstić information content (AvgIpc) is 3.51. The molecule has 0 bridgehead atoms. The molecular formula is C22H26ClN3O5. The molecule has 1 amide bonds. The summed E-state index contributed by atoms with van der Waals surface area (Å²) >= 11 is 6.35. The first kappa shape index (κ1) is 22.8. The van der Waals surface area contributed by atoms with Gasteiger partial charge in [-0.3, -0.25) is 0 Å². The fourth-order valence-electron chi connectivity index (χ4n) is 2.78. The maximum atomic E-state index is 12.2. The molecule has 1 aliphatic carbocycles. The van der Waals surface area contributed by atoms with E-state index in [0.717, 1.165) is 18.4 Å². The topological polar surface area (TPSA) is 99.6 Å². The third kappa shape index (κ3) is 6.82. The lowest BCUT2D eigenvalue weighted by Crippen LogP contribution is -2.45. The molecule has 1 aromatic carbocycles. The Balaban J connectivity index is 1.74. The average molecular weight is 448 g/mol. The van der Waals surface area contributed by atoms with Gasteiger partial charge in [0.25, 0.3) is 0 Å². The van der Waals surface area contributed by atoms with E-state index in [1.165, 1.54) is 13.4 Å². The largest absolute Gasteiger partial charge is 0.489 e. The Morgan fingerprint density at radius 3 is 2.58 bits per heavy atom. The number of nitrogens with zero attached hydrogens (tertiary/aromatic N) is 2. The predicted octanol–water partition coefficient (Wildman–Crippen LogP) is 3.95. The molecule has 1 aliphatic rings. The summed E-state index contributed by atoms with van der Waals surface area (Å²) in [5.74, 6) is 0.0464. The number of ether oxygens (including phenoxy) is 3. The molecule has 166 valence electrons. The lowest BCUT2D eigenvalue weighted by Gasteiger charge is -2.22. The third-order valence-corrected chi connectivity index (χ3v) is 4.65. The molecule has 1 fully saturated rings. The molecule has 0 aliphatic heterocycles. The number of esters is 1. The second-order valence-electron chi connectivity index (χ2n) is 8.28. The van der Waals surface area contributed by atoms with Gasteiger partial charge in [-0.15, -0.1) is 0 Å². The van der Waals surface area contributed by atoms with Gasteiger partial charge >= 0.3 is 12.1 Å². The number of carbonyl (C=O) groups excluding carboxylic acids is 2. The zero-order chi connectivity index (χ0) is 22.6. The standard InChI is InChI=1S/C22H26ClN3O5/c1-22(2,3)31-21(28)26-18(20(27)29-4)11-14-10-17(25-12-24-14)13-5-8-19(16(23)9-13)30-15-6-7-15/h5,8-10,12,15,18H,6-7,11H2,1-4H3,(H,26,28)/t18-/m0/s1. The number of aromatic nitrogens is 2. The highest BCUT2D eigenvalue weighted by Crippen LogP contribution is 2.34. The number of hydrogen-bond donors (Lipinski definition) is 1. The summed E-state index contributed by atoms with van der Waals surface area (Å²) in [4.78, 5) is 32.8. The van der Waals surface area contributed by atoms with Crippen LogP contribution in [0.4, 0.5) is 4.79 Å². The number of nitrogens with one attached hydrogen (secondary N) is 1. The summed E-state index contributed by atoms with van der Waals surface area (Å²) in [5, 5.41) is 3.04. The molecule has 8 nitrogen and oxygen atoms in total. The van der Waals surface area contributed by atoms with Gasteiger partial charge in [-0.2, -0.15) is 0 Å². The highest BCUT2D eigenvalue weighted by atomic mass is 35.5. The quantitative estimate of drug-likeness (QED) is 0.641.